The van der Waals surface area contributed by atoms with Gasteiger partial charge in [-0.3, -0.25) is 0 Å². The van der Waals surface area contributed by atoms with E-state index in [2.05, 4.69) is 0 Å². The summed E-state index contributed by atoms with van der Waals surface area (Å²) in [5.41, 5.74) is 0. The molecule has 0 aromatic heterocycles. The van der Waals surface area contributed by atoms with Gasteiger partial charge >= 0.3 is 148 Å². The van der Waals surface area contributed by atoms with Crippen LogP contribution in [-0.4, -0.2) is 110 Å². The van der Waals surface area contributed by atoms with Crippen molar-refractivity contribution < 1.29 is 73.5 Å². The Kier molecular flexibility index (Phi) is 7.10. The molecule has 2 rings (SSSR count). The van der Waals surface area contributed by atoms with E-state index >= 15 is 0 Å². The zero-order valence-electron chi connectivity index (χ0n) is 12.4. The summed E-state index contributed by atoms with van der Waals surface area (Å²) < 4.78 is 20.7. The average molecular weight is 437 g/mol. The topological polar surface area (TPSA) is 179 Å². The first-order chi connectivity index (χ1) is 11.3. The summed E-state index contributed by atoms with van der Waals surface area (Å²) in [5, 5.41) is 68.3. The van der Waals surface area contributed by atoms with Crippen LogP contribution < -0.4 is 0 Å². The maximum absolute atomic E-state index is 10.1. The predicted octanol–water partition coefficient (Wildman–Crippen LogP) is -4.91. The number of aliphatic hydroxyl groups is 7. The van der Waals surface area contributed by atoms with Gasteiger partial charge < -0.3 is 0 Å². The number of rotatable bonds is 6. The van der Waals surface area contributed by atoms with E-state index < -0.39 is 68.0 Å². The Labute approximate surface area is 148 Å². The van der Waals surface area contributed by atoms with Crippen LogP contribution in [0.15, 0.2) is 0 Å². The van der Waals surface area contributed by atoms with Gasteiger partial charge in [-0.05, 0) is 0 Å². The van der Waals surface area contributed by atoms with E-state index in [0.717, 1.165) is 0 Å². The van der Waals surface area contributed by atoms with E-state index in [4.69, 9.17) is 22.7 Å². The van der Waals surface area contributed by atoms with Gasteiger partial charge in [-0.2, -0.15) is 0 Å². The average Bonchev–Trinajstić information content (AvgIpc) is 2.82. The molecule has 141 valence electrons. The van der Waals surface area contributed by atoms with Gasteiger partial charge in [0, 0.05) is 0 Å². The molecular formula is C12H21MoO11. The predicted molar refractivity (Wildman–Crippen MR) is 67.5 cm³/mol. The van der Waals surface area contributed by atoms with Crippen molar-refractivity contribution >= 4 is 0 Å². The minimum atomic E-state index is -2.18. The Morgan fingerprint density at radius 3 is 2.08 bits per heavy atom. The molecule has 0 aliphatic carbocycles. The third-order valence-corrected chi connectivity index (χ3v) is 4.46. The quantitative estimate of drug-likeness (QED) is 0.198. The molecule has 9 atom stereocenters. The van der Waals surface area contributed by atoms with Crippen molar-refractivity contribution in [3.05, 3.63) is 0 Å². The molecule has 0 spiro atoms. The molecule has 0 bridgehead atoms. The second-order valence-electron chi connectivity index (χ2n) is 5.66. The van der Waals surface area contributed by atoms with E-state index in [1.807, 2.05) is 0 Å². The van der Waals surface area contributed by atoms with E-state index in [0.29, 0.717) is 0 Å². The number of hydrogen-bond donors (Lipinski definition) is 7. The molecule has 0 unspecified atom stereocenters. The number of aliphatic hydroxyl groups excluding tert-OH is 7. The maximum atomic E-state index is 10.1. The Morgan fingerprint density at radius 1 is 0.917 bits per heavy atom. The first-order valence-corrected chi connectivity index (χ1v) is 8.01. The normalized spacial score (nSPS) is 49.5. The Hall–Kier alpha value is 0.248. The third-order valence-electron chi connectivity index (χ3n) is 4.12. The minimum absolute atomic E-state index is 0.118. The third kappa shape index (κ3) is 3.68. The van der Waals surface area contributed by atoms with Crippen molar-refractivity contribution in [1.82, 2.24) is 0 Å². The fourth-order valence-corrected chi connectivity index (χ4v) is 3.01. The van der Waals surface area contributed by atoms with Crippen LogP contribution in [0.25, 0.3) is 0 Å². The fraction of sp³-hybridized carbons (Fsp3) is 1.00. The summed E-state index contributed by atoms with van der Waals surface area (Å²) in [7, 11) is 0. The van der Waals surface area contributed by atoms with Gasteiger partial charge in [-0.1, -0.05) is 0 Å². The second-order valence-corrected chi connectivity index (χ2v) is 6.24. The molecular weight excluding hydrogens is 416 g/mol. The molecule has 2 aliphatic heterocycles. The van der Waals surface area contributed by atoms with Crippen molar-refractivity contribution in [3.8, 4) is 0 Å². The summed E-state index contributed by atoms with van der Waals surface area (Å²) in [4.78, 5) is 0. The van der Waals surface area contributed by atoms with Crippen LogP contribution in [-0.2, 0) is 37.8 Å². The van der Waals surface area contributed by atoms with Gasteiger partial charge in [0.25, 0.3) is 0 Å². The molecule has 12 heteroatoms. The van der Waals surface area contributed by atoms with Crippen LogP contribution in [0, 0.1) is 0 Å². The summed E-state index contributed by atoms with van der Waals surface area (Å²) in [6.45, 7) is -1.69. The first kappa shape index (κ1) is 20.6. The van der Waals surface area contributed by atoms with Gasteiger partial charge in [0.05, 0.1) is 0 Å². The fourth-order valence-electron chi connectivity index (χ4n) is 2.69. The summed E-state index contributed by atoms with van der Waals surface area (Å²) in [6, 6.07) is 0. The van der Waals surface area contributed by atoms with Gasteiger partial charge in [0.15, 0.2) is 0 Å². The molecule has 0 aromatic rings. The van der Waals surface area contributed by atoms with Crippen LogP contribution >= 0.6 is 0 Å². The molecule has 2 aliphatic rings. The van der Waals surface area contributed by atoms with Crippen molar-refractivity contribution in [2.75, 3.05) is 19.8 Å². The molecule has 0 amide bonds. The SMILES string of the molecule is OC[C@H]1O[C@@](CO)(O[C@H]2O[C@H](C[O][Mo])[C@@H](O)[C@H](O)[C@H]2O)[C@@H](O)[C@@H]1O. The van der Waals surface area contributed by atoms with E-state index in [-0.39, 0.29) is 6.61 Å². The molecule has 24 heavy (non-hydrogen) atoms. The summed E-state index contributed by atoms with van der Waals surface area (Å²) in [5.74, 6) is -2.18. The molecule has 2 fully saturated rings. The van der Waals surface area contributed by atoms with Crippen LogP contribution in [0.1, 0.15) is 0 Å². The van der Waals surface area contributed by atoms with E-state index in [1.165, 1.54) is 20.2 Å². The zero-order chi connectivity index (χ0) is 18.1. The number of hydrogen-bond acceptors (Lipinski definition) is 11. The van der Waals surface area contributed by atoms with Gasteiger partial charge in [0.2, 0.25) is 0 Å². The van der Waals surface area contributed by atoms with Gasteiger partial charge in [-0.15, -0.1) is 0 Å². The Bertz CT molecular complexity index is 414. The molecule has 0 aromatic carbocycles. The molecule has 11 nitrogen and oxygen atoms in total. The molecule has 2 saturated heterocycles. The number of ether oxygens (including phenoxy) is 3. The van der Waals surface area contributed by atoms with Crippen molar-refractivity contribution in [2.45, 2.75) is 54.8 Å². The van der Waals surface area contributed by atoms with Crippen LogP contribution in [0.2, 0.25) is 0 Å². The molecule has 2 heterocycles. The van der Waals surface area contributed by atoms with E-state index in [1.54, 1.807) is 0 Å². The van der Waals surface area contributed by atoms with Crippen molar-refractivity contribution in [1.29, 1.82) is 0 Å². The zero-order valence-corrected chi connectivity index (χ0v) is 14.4. The monoisotopic (exact) mass is 439 g/mol. The van der Waals surface area contributed by atoms with Crippen LogP contribution in [0.5, 0.6) is 0 Å². The molecule has 7 N–H and O–H groups in total. The summed E-state index contributed by atoms with van der Waals surface area (Å²) >= 11 is 1.27. The van der Waals surface area contributed by atoms with Gasteiger partial charge in [0.1, 0.15) is 0 Å². The van der Waals surface area contributed by atoms with Gasteiger partial charge in [-0.25, -0.2) is 0 Å². The van der Waals surface area contributed by atoms with Crippen molar-refractivity contribution in [3.63, 3.8) is 0 Å². The Morgan fingerprint density at radius 2 is 1.58 bits per heavy atom. The van der Waals surface area contributed by atoms with E-state index in [9.17, 15) is 30.6 Å². The van der Waals surface area contributed by atoms with Crippen LogP contribution in [0.4, 0.5) is 0 Å². The van der Waals surface area contributed by atoms with Crippen LogP contribution in [0.3, 0.4) is 0 Å². The summed E-state index contributed by atoms with van der Waals surface area (Å²) in [6.07, 6.45) is -12.0. The second kappa shape index (κ2) is 8.29. The molecule has 0 saturated carbocycles. The molecule has 0 radical (unpaired) electrons. The van der Waals surface area contributed by atoms with Crippen molar-refractivity contribution in [2.24, 2.45) is 0 Å². The Balaban J connectivity index is 2.17. The standard InChI is InChI=1S/C12H21O11.Mo/c13-1-4-6(16)8(18)9(19)11(21-4)23-12(3-15)10(20)7(17)5(2-14)22-12;/h4-11,14-20H,1-3H2;/q-1;+1/t4-,5-,6-,7-,8+,9-,10+,11-,12+;/m1./s1. The first-order valence-electron chi connectivity index (χ1n) is 7.19.